The monoisotopic (exact) mass is 374 g/mol. The lowest BCUT2D eigenvalue weighted by atomic mass is 10.1. The van der Waals surface area contributed by atoms with Crippen LogP contribution in [0.3, 0.4) is 0 Å². The van der Waals surface area contributed by atoms with Crippen molar-refractivity contribution in [3.63, 3.8) is 0 Å². The van der Waals surface area contributed by atoms with Gasteiger partial charge in [0.15, 0.2) is 6.29 Å². The van der Waals surface area contributed by atoms with E-state index in [9.17, 15) is 0 Å². The Labute approximate surface area is 142 Å². The number of hydrogen-bond donors (Lipinski definition) is 0. The smallest absolute Gasteiger partial charge is 0.167 e. The molecule has 1 atom stereocenters. The largest absolute Gasteiger partial charge is 0.379 e. The van der Waals surface area contributed by atoms with Gasteiger partial charge in [-0.2, -0.15) is 0 Å². The normalized spacial score (nSPS) is 12.5. The summed E-state index contributed by atoms with van der Waals surface area (Å²) in [6, 6.07) is 8.54. The summed E-state index contributed by atoms with van der Waals surface area (Å²) in [7, 11) is 0. The van der Waals surface area contributed by atoms with Crippen molar-refractivity contribution < 1.29 is 18.9 Å². The van der Waals surface area contributed by atoms with Gasteiger partial charge in [0, 0.05) is 6.61 Å². The molecule has 0 fully saturated rings. The van der Waals surface area contributed by atoms with Crippen molar-refractivity contribution in [2.45, 2.75) is 26.6 Å². The molecule has 0 amide bonds. The number of halogens is 1. The maximum atomic E-state index is 5.56. The second kappa shape index (κ2) is 13.0. The fraction of sp³-hybridized carbons (Fsp3) is 0.647. The van der Waals surface area contributed by atoms with Crippen LogP contribution < -0.4 is 0 Å². The molecule has 0 heterocycles. The minimum absolute atomic E-state index is 0.195. The molecule has 1 rings (SSSR count). The molecule has 0 N–H and O–H groups in total. The third-order valence-corrected chi connectivity index (χ3v) is 3.57. The maximum Gasteiger partial charge on any atom is 0.167 e. The number of rotatable bonds is 13. The number of aryl methyl sites for hydroxylation is 1. The average molecular weight is 375 g/mol. The number of hydrogen-bond acceptors (Lipinski definition) is 4. The van der Waals surface area contributed by atoms with Crippen LogP contribution in [-0.2, 0) is 25.4 Å². The van der Waals surface area contributed by atoms with Crippen LogP contribution in [0.15, 0.2) is 24.3 Å². The average Bonchev–Trinajstić information content (AvgIpc) is 2.54. The molecule has 0 bridgehead atoms. The molecule has 1 aromatic carbocycles. The molecule has 0 saturated carbocycles. The van der Waals surface area contributed by atoms with E-state index in [0.29, 0.717) is 38.4 Å². The quantitative estimate of drug-likeness (QED) is 0.301. The molecule has 0 aromatic heterocycles. The molecule has 0 aliphatic heterocycles. The fourth-order valence-corrected chi connectivity index (χ4v) is 2.20. The third-order valence-electron chi connectivity index (χ3n) is 3.04. The Bertz CT molecular complexity index is 369. The van der Waals surface area contributed by atoms with Crippen molar-refractivity contribution in [3.05, 3.63) is 35.4 Å². The van der Waals surface area contributed by atoms with Gasteiger partial charge >= 0.3 is 0 Å². The summed E-state index contributed by atoms with van der Waals surface area (Å²) >= 11 is 3.34. The van der Waals surface area contributed by atoms with Gasteiger partial charge in [0.25, 0.3) is 0 Å². The molecule has 5 heteroatoms. The predicted octanol–water partition coefficient (Wildman–Crippen LogP) is 3.34. The topological polar surface area (TPSA) is 36.9 Å². The van der Waals surface area contributed by atoms with E-state index in [0.717, 1.165) is 13.0 Å². The van der Waals surface area contributed by atoms with Crippen LogP contribution in [0.4, 0.5) is 0 Å². The lowest BCUT2D eigenvalue weighted by Crippen LogP contribution is -2.21. The predicted molar refractivity (Wildman–Crippen MR) is 91.7 cm³/mol. The number of alkyl halides is 1. The minimum Gasteiger partial charge on any atom is -0.379 e. The van der Waals surface area contributed by atoms with Gasteiger partial charge in [-0.1, -0.05) is 45.8 Å². The Kier molecular flexibility index (Phi) is 11.6. The van der Waals surface area contributed by atoms with Crippen molar-refractivity contribution in [2.75, 3.05) is 45.0 Å². The van der Waals surface area contributed by atoms with Gasteiger partial charge in [-0.15, -0.1) is 0 Å². The van der Waals surface area contributed by atoms with Crippen LogP contribution >= 0.6 is 15.9 Å². The summed E-state index contributed by atoms with van der Waals surface area (Å²) in [5.74, 6) is 0. The Balaban J connectivity index is 1.90. The van der Waals surface area contributed by atoms with Crippen LogP contribution in [0, 0.1) is 6.92 Å². The highest BCUT2D eigenvalue weighted by Gasteiger charge is 2.05. The minimum atomic E-state index is -0.195. The molecule has 0 aliphatic rings. The van der Waals surface area contributed by atoms with Crippen molar-refractivity contribution in [3.8, 4) is 0 Å². The third kappa shape index (κ3) is 9.54. The van der Waals surface area contributed by atoms with Crippen molar-refractivity contribution in [1.29, 1.82) is 0 Å². The molecule has 1 unspecified atom stereocenters. The lowest BCUT2D eigenvalue weighted by molar-refractivity contribution is -0.133. The molecule has 22 heavy (non-hydrogen) atoms. The number of benzene rings is 1. The van der Waals surface area contributed by atoms with Crippen LogP contribution in [0.2, 0.25) is 0 Å². The summed E-state index contributed by atoms with van der Waals surface area (Å²) in [6.07, 6.45) is 0.740. The standard InChI is InChI=1S/C17H27BrO4/c1-3-21-17(14-18)22-13-12-20-11-10-19-9-8-16-6-4-15(2)5-7-16/h4-7,17H,3,8-14H2,1-2H3. The first-order valence-electron chi connectivity index (χ1n) is 7.76. The Hall–Kier alpha value is -0.460. The van der Waals surface area contributed by atoms with Gasteiger partial charge in [-0.25, -0.2) is 0 Å². The summed E-state index contributed by atoms with van der Waals surface area (Å²) in [4.78, 5) is 0. The zero-order valence-electron chi connectivity index (χ0n) is 13.6. The van der Waals surface area contributed by atoms with E-state index >= 15 is 0 Å². The summed E-state index contributed by atoms with van der Waals surface area (Å²) in [5, 5.41) is 0.670. The van der Waals surface area contributed by atoms with Crippen molar-refractivity contribution in [2.24, 2.45) is 0 Å². The summed E-state index contributed by atoms with van der Waals surface area (Å²) in [5.41, 5.74) is 2.59. The van der Waals surface area contributed by atoms with E-state index in [1.165, 1.54) is 11.1 Å². The second-order valence-electron chi connectivity index (χ2n) is 4.87. The zero-order chi connectivity index (χ0) is 16.0. The molecular formula is C17H27BrO4. The Morgan fingerprint density at radius 3 is 2.18 bits per heavy atom. The SMILES string of the molecule is CCOC(CBr)OCCOCCOCCc1ccc(C)cc1. The first-order chi connectivity index (χ1) is 10.8. The van der Waals surface area contributed by atoms with Crippen LogP contribution in [0.1, 0.15) is 18.1 Å². The van der Waals surface area contributed by atoms with Gasteiger partial charge < -0.3 is 18.9 Å². The Morgan fingerprint density at radius 2 is 1.55 bits per heavy atom. The first kappa shape index (κ1) is 19.6. The van der Waals surface area contributed by atoms with Gasteiger partial charge in [-0.3, -0.25) is 0 Å². The van der Waals surface area contributed by atoms with Gasteiger partial charge in [0.2, 0.25) is 0 Å². The highest BCUT2D eigenvalue weighted by molar-refractivity contribution is 9.09. The van der Waals surface area contributed by atoms with E-state index in [1.807, 2.05) is 6.92 Å². The van der Waals surface area contributed by atoms with Crippen LogP contribution in [-0.4, -0.2) is 51.3 Å². The van der Waals surface area contributed by atoms with Crippen LogP contribution in [0.25, 0.3) is 0 Å². The lowest BCUT2D eigenvalue weighted by Gasteiger charge is -2.15. The van der Waals surface area contributed by atoms with Gasteiger partial charge in [0.1, 0.15) is 0 Å². The van der Waals surface area contributed by atoms with Crippen LogP contribution in [0.5, 0.6) is 0 Å². The zero-order valence-corrected chi connectivity index (χ0v) is 15.1. The molecule has 0 saturated heterocycles. The van der Waals surface area contributed by atoms with Crippen molar-refractivity contribution in [1.82, 2.24) is 0 Å². The molecule has 4 nitrogen and oxygen atoms in total. The molecule has 0 spiro atoms. The fourth-order valence-electron chi connectivity index (χ4n) is 1.83. The molecule has 0 aliphatic carbocycles. The van der Waals surface area contributed by atoms with Crippen molar-refractivity contribution >= 4 is 15.9 Å². The van der Waals surface area contributed by atoms with E-state index < -0.39 is 0 Å². The van der Waals surface area contributed by atoms with E-state index in [4.69, 9.17) is 18.9 Å². The van der Waals surface area contributed by atoms with E-state index in [1.54, 1.807) is 0 Å². The summed E-state index contributed by atoms with van der Waals surface area (Å²) < 4.78 is 21.9. The van der Waals surface area contributed by atoms with E-state index in [-0.39, 0.29) is 6.29 Å². The molecular weight excluding hydrogens is 348 g/mol. The second-order valence-corrected chi connectivity index (χ2v) is 5.52. The van der Waals surface area contributed by atoms with Gasteiger partial charge in [0.05, 0.1) is 38.4 Å². The van der Waals surface area contributed by atoms with Gasteiger partial charge in [-0.05, 0) is 25.8 Å². The highest BCUT2D eigenvalue weighted by Crippen LogP contribution is 2.04. The highest BCUT2D eigenvalue weighted by atomic mass is 79.9. The maximum absolute atomic E-state index is 5.56. The Morgan fingerprint density at radius 1 is 0.909 bits per heavy atom. The summed E-state index contributed by atoms with van der Waals surface area (Å²) in [6.45, 7) is 7.69. The molecule has 1 aromatic rings. The molecule has 126 valence electrons. The first-order valence-corrected chi connectivity index (χ1v) is 8.88. The number of ether oxygens (including phenoxy) is 4. The van der Waals surface area contributed by atoms with E-state index in [2.05, 4.69) is 47.1 Å². The molecule has 0 radical (unpaired) electrons.